The van der Waals surface area contributed by atoms with Crippen molar-refractivity contribution >= 4 is 21.6 Å². The number of amides is 1. The topological polar surface area (TPSA) is 75.7 Å². The Labute approximate surface area is 202 Å². The zero-order chi connectivity index (χ0) is 24.9. The van der Waals surface area contributed by atoms with Gasteiger partial charge in [0.25, 0.3) is 10.0 Å². The van der Waals surface area contributed by atoms with Crippen molar-refractivity contribution in [3.63, 3.8) is 0 Å². The van der Waals surface area contributed by atoms with E-state index < -0.39 is 10.0 Å². The van der Waals surface area contributed by atoms with E-state index >= 15 is 0 Å². The Morgan fingerprint density at radius 2 is 1.59 bits per heavy atom. The third-order valence-electron chi connectivity index (χ3n) is 5.94. The van der Waals surface area contributed by atoms with Crippen LogP contribution >= 0.6 is 0 Å². The third kappa shape index (κ3) is 5.78. The molecule has 0 heterocycles. The second-order valence-electron chi connectivity index (χ2n) is 8.39. The summed E-state index contributed by atoms with van der Waals surface area (Å²) in [7, 11) is -2.35. The molecule has 0 aliphatic heterocycles. The van der Waals surface area contributed by atoms with Crippen molar-refractivity contribution in [2.75, 3.05) is 18.0 Å². The first kappa shape index (κ1) is 25.3. The van der Waals surface area contributed by atoms with Gasteiger partial charge >= 0.3 is 0 Å². The lowest BCUT2D eigenvalue weighted by Gasteiger charge is -2.26. The molecule has 0 aromatic heterocycles. The molecule has 0 saturated heterocycles. The van der Waals surface area contributed by atoms with Crippen LogP contribution in [-0.2, 0) is 14.8 Å². The molecule has 34 heavy (non-hydrogen) atoms. The molecule has 0 aliphatic rings. The molecule has 0 fully saturated rings. The van der Waals surface area contributed by atoms with Crippen LogP contribution in [0.15, 0.2) is 71.6 Å². The molecule has 180 valence electrons. The average molecular weight is 481 g/mol. The molecular formula is C27H32N2O4S. The minimum Gasteiger partial charge on any atom is -0.497 e. The summed E-state index contributed by atoms with van der Waals surface area (Å²) in [5.74, 6) is 0.353. The van der Waals surface area contributed by atoms with Crippen molar-refractivity contribution in [1.29, 1.82) is 0 Å². The monoisotopic (exact) mass is 480 g/mol. The molecule has 0 saturated carbocycles. The number of anilines is 1. The van der Waals surface area contributed by atoms with Gasteiger partial charge in [0.2, 0.25) is 5.91 Å². The summed E-state index contributed by atoms with van der Waals surface area (Å²) in [6, 6.07) is 19.3. The fraction of sp³-hybridized carbons (Fsp3) is 0.296. The highest BCUT2D eigenvalue weighted by Crippen LogP contribution is 2.26. The van der Waals surface area contributed by atoms with Gasteiger partial charge in [-0.15, -0.1) is 0 Å². The number of rotatable bonds is 9. The summed E-state index contributed by atoms with van der Waals surface area (Å²) in [5, 5.41) is 2.99. The molecule has 1 amide bonds. The first-order valence-electron chi connectivity index (χ1n) is 11.3. The largest absolute Gasteiger partial charge is 0.497 e. The molecule has 1 atom stereocenters. The quantitative estimate of drug-likeness (QED) is 0.463. The maximum atomic E-state index is 13.6. The highest BCUT2D eigenvalue weighted by molar-refractivity contribution is 7.92. The van der Waals surface area contributed by atoms with Crippen molar-refractivity contribution in [2.45, 2.75) is 45.1 Å². The van der Waals surface area contributed by atoms with Gasteiger partial charge in [-0.2, -0.15) is 0 Å². The molecule has 1 unspecified atom stereocenters. The highest BCUT2D eigenvalue weighted by atomic mass is 32.2. The lowest BCUT2D eigenvalue weighted by molar-refractivity contribution is -0.120. The summed E-state index contributed by atoms with van der Waals surface area (Å²) >= 11 is 0. The number of hydrogen-bond donors (Lipinski definition) is 1. The van der Waals surface area contributed by atoms with E-state index in [2.05, 4.69) is 5.32 Å². The van der Waals surface area contributed by atoms with Crippen molar-refractivity contribution in [2.24, 2.45) is 0 Å². The van der Waals surface area contributed by atoms with Crippen molar-refractivity contribution in [3.8, 4) is 5.75 Å². The summed E-state index contributed by atoms with van der Waals surface area (Å²) in [5.41, 5.74) is 4.34. The predicted octanol–water partition coefficient (Wildman–Crippen LogP) is 5.08. The average Bonchev–Trinajstić information content (AvgIpc) is 2.83. The van der Waals surface area contributed by atoms with Gasteiger partial charge in [-0.3, -0.25) is 9.10 Å². The van der Waals surface area contributed by atoms with E-state index in [1.165, 1.54) is 4.31 Å². The zero-order valence-electron chi connectivity index (χ0n) is 20.3. The molecule has 7 heteroatoms. The second-order valence-corrected chi connectivity index (χ2v) is 10.3. The Bertz CT molecular complexity index is 1240. The minimum absolute atomic E-state index is 0.145. The van der Waals surface area contributed by atoms with Crippen LogP contribution in [0.1, 0.15) is 41.6 Å². The van der Waals surface area contributed by atoms with Crippen molar-refractivity contribution < 1.29 is 17.9 Å². The van der Waals surface area contributed by atoms with Crippen LogP contribution in [0, 0.1) is 20.8 Å². The van der Waals surface area contributed by atoms with Crippen LogP contribution in [0.5, 0.6) is 5.75 Å². The number of benzene rings is 3. The molecule has 3 aromatic carbocycles. The number of aryl methyl sites for hydroxylation is 3. The molecule has 0 bridgehead atoms. The normalized spacial score (nSPS) is 12.1. The van der Waals surface area contributed by atoms with E-state index in [4.69, 9.17) is 4.74 Å². The van der Waals surface area contributed by atoms with Crippen molar-refractivity contribution in [1.82, 2.24) is 5.32 Å². The van der Waals surface area contributed by atoms with Crippen LogP contribution < -0.4 is 14.4 Å². The summed E-state index contributed by atoms with van der Waals surface area (Å²) in [4.78, 5) is 13.3. The molecule has 0 aliphatic carbocycles. The van der Waals surface area contributed by atoms with E-state index in [-0.39, 0.29) is 23.4 Å². The fourth-order valence-corrected chi connectivity index (χ4v) is 5.07. The van der Waals surface area contributed by atoms with Gasteiger partial charge in [-0.05, 0) is 80.3 Å². The van der Waals surface area contributed by atoms with Gasteiger partial charge in [0, 0.05) is 0 Å². The fourth-order valence-electron chi connectivity index (χ4n) is 3.66. The molecular weight excluding hydrogens is 448 g/mol. The number of methoxy groups -OCH3 is 1. The van der Waals surface area contributed by atoms with E-state index in [1.807, 2.05) is 58.0 Å². The number of nitrogens with zero attached hydrogens (tertiary/aromatic N) is 1. The Balaban J connectivity index is 1.91. The number of sulfonamides is 1. The SMILES string of the molecule is CCC(NC(=O)CN(c1ccc(C)c(C)c1)S(=O)(=O)c1ccc(C)cc1)c1ccc(OC)cc1. The van der Waals surface area contributed by atoms with Crippen LogP contribution in [-0.4, -0.2) is 28.0 Å². The maximum absolute atomic E-state index is 13.6. The van der Waals surface area contributed by atoms with E-state index in [0.29, 0.717) is 12.1 Å². The number of nitrogens with one attached hydrogen (secondary N) is 1. The number of ether oxygens (including phenoxy) is 1. The zero-order valence-corrected chi connectivity index (χ0v) is 21.1. The Hall–Kier alpha value is -3.32. The standard InChI is InChI=1S/C27H32N2O4S/c1-6-26(22-10-13-24(33-5)14-11-22)28-27(30)18-29(23-12-9-20(3)21(4)17-23)34(31,32)25-15-7-19(2)8-16-25/h7-17,26H,6,18H2,1-5H3,(H,28,30). The van der Waals surface area contributed by atoms with E-state index in [0.717, 1.165) is 28.0 Å². The lowest BCUT2D eigenvalue weighted by atomic mass is 10.0. The lowest BCUT2D eigenvalue weighted by Crippen LogP contribution is -2.42. The van der Waals surface area contributed by atoms with Crippen LogP contribution in [0.4, 0.5) is 5.69 Å². The number of carbonyl (C=O) groups is 1. The molecule has 0 radical (unpaired) electrons. The van der Waals surface area contributed by atoms with Gasteiger partial charge in [-0.1, -0.05) is 42.8 Å². The summed E-state index contributed by atoms with van der Waals surface area (Å²) in [6.07, 6.45) is 0.659. The second kappa shape index (κ2) is 10.7. The Kier molecular flexibility index (Phi) is 7.99. The smallest absolute Gasteiger partial charge is 0.264 e. The Morgan fingerprint density at radius 1 is 0.941 bits per heavy atom. The number of carbonyl (C=O) groups excluding carboxylic acids is 1. The first-order valence-corrected chi connectivity index (χ1v) is 12.7. The van der Waals surface area contributed by atoms with Gasteiger partial charge in [-0.25, -0.2) is 8.42 Å². The highest BCUT2D eigenvalue weighted by Gasteiger charge is 2.28. The van der Waals surface area contributed by atoms with Crippen molar-refractivity contribution in [3.05, 3.63) is 89.0 Å². The molecule has 3 aromatic rings. The summed E-state index contributed by atoms with van der Waals surface area (Å²) < 4.78 is 33.6. The maximum Gasteiger partial charge on any atom is 0.264 e. The van der Waals surface area contributed by atoms with Gasteiger partial charge < -0.3 is 10.1 Å². The van der Waals surface area contributed by atoms with Gasteiger partial charge in [0.05, 0.1) is 23.7 Å². The van der Waals surface area contributed by atoms with Crippen LogP contribution in [0.2, 0.25) is 0 Å². The van der Waals surface area contributed by atoms with Crippen LogP contribution in [0.3, 0.4) is 0 Å². The molecule has 6 nitrogen and oxygen atoms in total. The molecule has 3 rings (SSSR count). The summed E-state index contributed by atoms with van der Waals surface area (Å²) in [6.45, 7) is 7.43. The van der Waals surface area contributed by atoms with Crippen LogP contribution in [0.25, 0.3) is 0 Å². The third-order valence-corrected chi connectivity index (χ3v) is 7.72. The van der Waals surface area contributed by atoms with Gasteiger partial charge in [0.1, 0.15) is 12.3 Å². The first-order chi connectivity index (χ1) is 16.1. The van der Waals surface area contributed by atoms with E-state index in [9.17, 15) is 13.2 Å². The Morgan fingerprint density at radius 3 is 2.15 bits per heavy atom. The molecule has 0 spiro atoms. The number of hydrogen-bond acceptors (Lipinski definition) is 4. The molecule has 1 N–H and O–H groups in total. The predicted molar refractivity (Wildman–Crippen MR) is 136 cm³/mol. The minimum atomic E-state index is -3.96. The van der Waals surface area contributed by atoms with E-state index in [1.54, 1.807) is 43.5 Å². The van der Waals surface area contributed by atoms with Gasteiger partial charge in [0.15, 0.2) is 0 Å².